The molecule has 0 aromatic carbocycles. The zero-order chi connectivity index (χ0) is 12.3. The van der Waals surface area contributed by atoms with E-state index in [1.165, 1.54) is 6.20 Å². The second-order valence-corrected chi connectivity index (χ2v) is 4.34. The van der Waals surface area contributed by atoms with E-state index in [4.69, 9.17) is 15.7 Å². The molecule has 0 radical (unpaired) electrons. The topological polar surface area (TPSA) is 75.2 Å². The molecular formula is C12H16N4O. The van der Waals surface area contributed by atoms with Crippen LogP contribution >= 0.6 is 0 Å². The molecule has 1 fully saturated rings. The van der Waals surface area contributed by atoms with Crippen molar-refractivity contribution in [3.63, 3.8) is 0 Å². The van der Waals surface area contributed by atoms with Gasteiger partial charge < -0.3 is 15.4 Å². The quantitative estimate of drug-likeness (QED) is 0.823. The van der Waals surface area contributed by atoms with E-state index in [0.717, 1.165) is 25.9 Å². The highest BCUT2D eigenvalue weighted by molar-refractivity contribution is 5.47. The van der Waals surface area contributed by atoms with Crippen molar-refractivity contribution in [1.82, 2.24) is 9.88 Å². The number of pyridine rings is 1. The van der Waals surface area contributed by atoms with Crippen LogP contribution in [0.3, 0.4) is 0 Å². The number of nitriles is 1. The molecule has 0 unspecified atom stereocenters. The van der Waals surface area contributed by atoms with Gasteiger partial charge in [-0.15, -0.1) is 0 Å². The molecule has 17 heavy (non-hydrogen) atoms. The number of hydrogen-bond acceptors (Lipinski definition) is 5. The van der Waals surface area contributed by atoms with Gasteiger partial charge in [-0.25, -0.2) is 4.98 Å². The van der Waals surface area contributed by atoms with Crippen molar-refractivity contribution in [3.05, 3.63) is 17.8 Å². The van der Waals surface area contributed by atoms with Crippen molar-refractivity contribution in [2.75, 3.05) is 25.9 Å². The van der Waals surface area contributed by atoms with Crippen LogP contribution in [0.15, 0.2) is 12.3 Å². The lowest BCUT2D eigenvalue weighted by atomic mass is 10.1. The highest BCUT2D eigenvalue weighted by Crippen LogP contribution is 2.23. The second kappa shape index (κ2) is 5.02. The summed E-state index contributed by atoms with van der Waals surface area (Å²) >= 11 is 0. The molecule has 1 aliphatic heterocycles. The molecule has 0 atom stereocenters. The fraction of sp³-hybridized carbons (Fsp3) is 0.500. The second-order valence-electron chi connectivity index (χ2n) is 4.34. The molecule has 2 rings (SSSR count). The first-order chi connectivity index (χ1) is 8.19. The van der Waals surface area contributed by atoms with Gasteiger partial charge in [0, 0.05) is 19.2 Å². The summed E-state index contributed by atoms with van der Waals surface area (Å²) in [6.07, 6.45) is 3.58. The largest absolute Gasteiger partial charge is 0.489 e. The molecule has 0 saturated carbocycles. The van der Waals surface area contributed by atoms with Crippen molar-refractivity contribution in [2.45, 2.75) is 18.9 Å². The smallest absolute Gasteiger partial charge is 0.142 e. The number of nitrogens with two attached hydrogens (primary N) is 1. The molecule has 0 bridgehead atoms. The van der Waals surface area contributed by atoms with Crippen LogP contribution in [0, 0.1) is 11.3 Å². The van der Waals surface area contributed by atoms with Crippen LogP contribution in [0.2, 0.25) is 0 Å². The SMILES string of the molecule is CN1CCC(Oc2cc(N)ncc2C#N)CC1. The first-order valence-electron chi connectivity index (χ1n) is 5.70. The normalized spacial score (nSPS) is 17.6. The Hall–Kier alpha value is -1.80. The first kappa shape index (κ1) is 11.7. The van der Waals surface area contributed by atoms with E-state index in [-0.39, 0.29) is 6.10 Å². The first-order valence-corrected chi connectivity index (χ1v) is 5.70. The number of hydrogen-bond donors (Lipinski definition) is 1. The Morgan fingerprint density at radius 3 is 2.88 bits per heavy atom. The molecule has 1 saturated heterocycles. The Bertz CT molecular complexity index is 433. The number of piperidine rings is 1. The molecule has 5 nitrogen and oxygen atoms in total. The Morgan fingerprint density at radius 2 is 2.24 bits per heavy atom. The van der Waals surface area contributed by atoms with Gasteiger partial charge in [0.25, 0.3) is 0 Å². The van der Waals surface area contributed by atoms with Crippen LogP contribution in [0.1, 0.15) is 18.4 Å². The molecule has 0 amide bonds. The highest BCUT2D eigenvalue weighted by atomic mass is 16.5. The molecule has 0 aliphatic carbocycles. The molecule has 1 aliphatic rings. The van der Waals surface area contributed by atoms with E-state index in [2.05, 4.69) is 23.0 Å². The van der Waals surface area contributed by atoms with Gasteiger partial charge >= 0.3 is 0 Å². The fourth-order valence-corrected chi connectivity index (χ4v) is 1.92. The van der Waals surface area contributed by atoms with Gasteiger partial charge in [0.15, 0.2) is 0 Å². The van der Waals surface area contributed by atoms with Gasteiger partial charge in [-0.05, 0) is 19.9 Å². The summed E-state index contributed by atoms with van der Waals surface area (Å²) in [4.78, 5) is 6.15. The van der Waals surface area contributed by atoms with Crippen LogP contribution in [0.5, 0.6) is 5.75 Å². The van der Waals surface area contributed by atoms with Crippen molar-refractivity contribution in [1.29, 1.82) is 5.26 Å². The molecule has 1 aromatic rings. The number of anilines is 1. The standard InChI is InChI=1S/C12H16N4O/c1-16-4-2-10(3-5-16)17-11-6-12(14)15-8-9(11)7-13/h6,8,10H,2-5H2,1H3,(H2,14,15). The Morgan fingerprint density at radius 1 is 1.53 bits per heavy atom. The zero-order valence-electron chi connectivity index (χ0n) is 9.89. The summed E-state index contributed by atoms with van der Waals surface area (Å²) in [5, 5.41) is 8.96. The van der Waals surface area contributed by atoms with Crippen molar-refractivity contribution < 1.29 is 4.74 Å². The van der Waals surface area contributed by atoms with E-state index in [9.17, 15) is 0 Å². The predicted octanol–water partition coefficient (Wildman–Crippen LogP) is 1.01. The van der Waals surface area contributed by atoms with Gasteiger partial charge in [-0.3, -0.25) is 0 Å². The number of rotatable bonds is 2. The number of nitrogens with zero attached hydrogens (tertiary/aromatic N) is 3. The average Bonchev–Trinajstić information content (AvgIpc) is 2.32. The van der Waals surface area contributed by atoms with Gasteiger partial charge in [0.05, 0.1) is 6.20 Å². The average molecular weight is 232 g/mol. The van der Waals surface area contributed by atoms with E-state index in [0.29, 0.717) is 17.1 Å². The summed E-state index contributed by atoms with van der Waals surface area (Å²) in [7, 11) is 2.10. The number of nitrogen functional groups attached to an aromatic ring is 1. The number of likely N-dealkylation sites (tertiary alicyclic amines) is 1. The monoisotopic (exact) mass is 232 g/mol. The molecular weight excluding hydrogens is 216 g/mol. The molecule has 5 heteroatoms. The van der Waals surface area contributed by atoms with E-state index < -0.39 is 0 Å². The lowest BCUT2D eigenvalue weighted by molar-refractivity contribution is 0.114. The molecule has 2 N–H and O–H groups in total. The van der Waals surface area contributed by atoms with Crippen LogP contribution in [0.25, 0.3) is 0 Å². The third-order valence-electron chi connectivity index (χ3n) is 2.97. The number of ether oxygens (including phenoxy) is 1. The van der Waals surface area contributed by atoms with Gasteiger partial charge in [0.2, 0.25) is 0 Å². The van der Waals surface area contributed by atoms with Gasteiger partial charge in [-0.2, -0.15) is 5.26 Å². The lowest BCUT2D eigenvalue weighted by Crippen LogP contribution is -2.35. The van der Waals surface area contributed by atoms with Gasteiger partial charge in [0.1, 0.15) is 29.3 Å². The third-order valence-corrected chi connectivity index (χ3v) is 2.97. The minimum absolute atomic E-state index is 0.167. The maximum absolute atomic E-state index is 8.96. The van der Waals surface area contributed by atoms with Crippen LogP contribution in [-0.2, 0) is 0 Å². The summed E-state index contributed by atoms with van der Waals surface area (Å²) in [6, 6.07) is 3.69. The van der Waals surface area contributed by atoms with E-state index >= 15 is 0 Å². The molecule has 0 spiro atoms. The molecule has 2 heterocycles. The minimum atomic E-state index is 0.167. The van der Waals surface area contributed by atoms with E-state index in [1.807, 2.05) is 0 Å². The molecule has 1 aromatic heterocycles. The van der Waals surface area contributed by atoms with Crippen molar-refractivity contribution in [2.24, 2.45) is 0 Å². The Balaban J connectivity index is 2.08. The number of aromatic nitrogens is 1. The summed E-state index contributed by atoms with van der Waals surface area (Å²) < 4.78 is 5.84. The van der Waals surface area contributed by atoms with Crippen molar-refractivity contribution in [3.8, 4) is 11.8 Å². The highest BCUT2D eigenvalue weighted by Gasteiger charge is 2.19. The predicted molar refractivity (Wildman–Crippen MR) is 64.5 cm³/mol. The van der Waals surface area contributed by atoms with Crippen molar-refractivity contribution >= 4 is 5.82 Å². The lowest BCUT2D eigenvalue weighted by Gasteiger charge is -2.29. The Labute approximate surface area is 101 Å². The Kier molecular flexibility index (Phi) is 3.45. The maximum Gasteiger partial charge on any atom is 0.142 e. The molecule has 90 valence electrons. The van der Waals surface area contributed by atoms with Crippen LogP contribution in [-0.4, -0.2) is 36.1 Å². The summed E-state index contributed by atoms with van der Waals surface area (Å²) in [5.41, 5.74) is 6.04. The van der Waals surface area contributed by atoms with Crippen LogP contribution in [0.4, 0.5) is 5.82 Å². The fourth-order valence-electron chi connectivity index (χ4n) is 1.92. The van der Waals surface area contributed by atoms with Gasteiger partial charge in [-0.1, -0.05) is 0 Å². The maximum atomic E-state index is 8.96. The summed E-state index contributed by atoms with van der Waals surface area (Å²) in [5.74, 6) is 0.932. The summed E-state index contributed by atoms with van der Waals surface area (Å²) in [6.45, 7) is 2.04. The zero-order valence-corrected chi connectivity index (χ0v) is 9.89. The minimum Gasteiger partial charge on any atom is -0.489 e. The van der Waals surface area contributed by atoms with E-state index in [1.54, 1.807) is 6.07 Å². The van der Waals surface area contributed by atoms with Crippen LogP contribution < -0.4 is 10.5 Å². The third kappa shape index (κ3) is 2.86.